The maximum Gasteiger partial charge on any atom is 0.262 e. The number of sulfonamides is 1. The predicted octanol–water partition coefficient (Wildman–Crippen LogP) is 2.74. The van der Waals surface area contributed by atoms with Crippen LogP contribution in [0.3, 0.4) is 0 Å². The fraction of sp³-hybridized carbons (Fsp3) is 0.0769. The first-order valence-electron chi connectivity index (χ1n) is 5.63. The lowest BCUT2D eigenvalue weighted by molar-refractivity contribution is 0.101. The van der Waals surface area contributed by atoms with Crippen molar-refractivity contribution in [1.82, 2.24) is 4.98 Å². The van der Waals surface area contributed by atoms with Crippen molar-refractivity contribution in [2.75, 3.05) is 4.72 Å². The van der Waals surface area contributed by atoms with Crippen LogP contribution in [0.1, 0.15) is 17.3 Å². The van der Waals surface area contributed by atoms with Crippen LogP contribution in [0.5, 0.6) is 0 Å². The van der Waals surface area contributed by atoms with Gasteiger partial charge in [-0.15, -0.1) is 0 Å². The fourth-order valence-corrected chi connectivity index (χ4v) is 2.86. The van der Waals surface area contributed by atoms with E-state index in [0.717, 1.165) is 0 Å². The van der Waals surface area contributed by atoms with E-state index in [1.165, 1.54) is 43.6 Å². The number of pyridine rings is 1. The Morgan fingerprint density at radius 1 is 1.30 bits per heavy atom. The van der Waals surface area contributed by atoms with Crippen molar-refractivity contribution in [3.05, 3.63) is 53.3 Å². The lowest BCUT2D eigenvalue weighted by Crippen LogP contribution is -2.14. The quantitative estimate of drug-likeness (QED) is 0.881. The Labute approximate surface area is 121 Å². The SMILES string of the molecule is CC(=O)c1cccc(S(=O)(=O)Nc2cnccc2Cl)c1. The standard InChI is InChI=1S/C13H11ClN2O3S/c1-9(17)10-3-2-4-11(7-10)20(18,19)16-13-8-15-6-5-12(13)14/h2-8,16H,1H3. The van der Waals surface area contributed by atoms with Gasteiger partial charge in [-0.3, -0.25) is 14.5 Å². The van der Waals surface area contributed by atoms with E-state index in [9.17, 15) is 13.2 Å². The molecule has 0 aliphatic heterocycles. The number of carbonyl (C=O) groups excluding carboxylic acids is 1. The third kappa shape index (κ3) is 3.15. The Bertz CT molecular complexity index is 760. The molecule has 0 unspecified atom stereocenters. The van der Waals surface area contributed by atoms with E-state index in [2.05, 4.69) is 9.71 Å². The second-order valence-electron chi connectivity index (χ2n) is 4.05. The summed E-state index contributed by atoms with van der Waals surface area (Å²) in [5.41, 5.74) is 0.507. The largest absolute Gasteiger partial charge is 0.295 e. The molecular formula is C13H11ClN2O3S. The summed E-state index contributed by atoms with van der Waals surface area (Å²) in [5.74, 6) is -0.207. The molecule has 2 rings (SSSR count). The number of carbonyl (C=O) groups is 1. The lowest BCUT2D eigenvalue weighted by atomic mass is 10.2. The monoisotopic (exact) mass is 310 g/mol. The zero-order valence-corrected chi connectivity index (χ0v) is 12.1. The average Bonchev–Trinajstić information content (AvgIpc) is 2.41. The van der Waals surface area contributed by atoms with Crippen LogP contribution in [0, 0.1) is 0 Å². The van der Waals surface area contributed by atoms with Gasteiger partial charge in [-0.25, -0.2) is 8.42 Å². The first-order valence-corrected chi connectivity index (χ1v) is 7.49. The third-order valence-electron chi connectivity index (χ3n) is 2.56. The topological polar surface area (TPSA) is 76.1 Å². The van der Waals surface area contributed by atoms with Crippen LogP contribution in [0.15, 0.2) is 47.6 Å². The van der Waals surface area contributed by atoms with Crippen LogP contribution < -0.4 is 4.72 Å². The van der Waals surface area contributed by atoms with Gasteiger partial charge in [0.1, 0.15) is 0 Å². The molecule has 0 bridgehead atoms. The number of benzene rings is 1. The van der Waals surface area contributed by atoms with Crippen molar-refractivity contribution in [3.8, 4) is 0 Å². The lowest BCUT2D eigenvalue weighted by Gasteiger charge is -2.09. The number of nitrogens with one attached hydrogen (secondary N) is 1. The second kappa shape index (κ2) is 5.60. The first kappa shape index (κ1) is 14.5. The molecule has 1 heterocycles. The number of ketones is 1. The van der Waals surface area contributed by atoms with Crippen molar-refractivity contribution in [2.45, 2.75) is 11.8 Å². The zero-order chi connectivity index (χ0) is 14.8. The van der Waals surface area contributed by atoms with Gasteiger partial charge in [-0.1, -0.05) is 23.7 Å². The minimum Gasteiger partial charge on any atom is -0.295 e. The number of halogens is 1. The third-order valence-corrected chi connectivity index (χ3v) is 4.26. The molecule has 1 aromatic heterocycles. The molecule has 0 spiro atoms. The van der Waals surface area contributed by atoms with E-state index in [1.807, 2.05) is 0 Å². The highest BCUT2D eigenvalue weighted by Crippen LogP contribution is 2.23. The van der Waals surface area contributed by atoms with Crippen molar-refractivity contribution in [3.63, 3.8) is 0 Å². The number of anilines is 1. The summed E-state index contributed by atoms with van der Waals surface area (Å²) in [7, 11) is -3.82. The molecule has 2 aromatic rings. The van der Waals surface area contributed by atoms with Crippen molar-refractivity contribution >= 4 is 33.1 Å². The molecule has 1 aromatic carbocycles. The van der Waals surface area contributed by atoms with E-state index < -0.39 is 10.0 Å². The Kier molecular flexibility index (Phi) is 4.06. The van der Waals surface area contributed by atoms with Gasteiger partial charge in [0.2, 0.25) is 0 Å². The Morgan fingerprint density at radius 2 is 2.05 bits per heavy atom. The highest BCUT2D eigenvalue weighted by Gasteiger charge is 2.16. The van der Waals surface area contributed by atoms with Gasteiger partial charge in [0, 0.05) is 11.8 Å². The molecule has 0 fully saturated rings. The number of hydrogen-bond acceptors (Lipinski definition) is 4. The van der Waals surface area contributed by atoms with Gasteiger partial charge in [0.25, 0.3) is 10.0 Å². The van der Waals surface area contributed by atoms with Crippen LogP contribution in [-0.4, -0.2) is 19.2 Å². The molecule has 0 aliphatic carbocycles. The molecule has 20 heavy (non-hydrogen) atoms. The molecule has 5 nitrogen and oxygen atoms in total. The number of aromatic nitrogens is 1. The second-order valence-corrected chi connectivity index (χ2v) is 6.13. The summed E-state index contributed by atoms with van der Waals surface area (Å²) >= 11 is 5.88. The molecule has 0 radical (unpaired) electrons. The highest BCUT2D eigenvalue weighted by molar-refractivity contribution is 7.92. The van der Waals surface area contributed by atoms with Gasteiger partial charge in [0.15, 0.2) is 5.78 Å². The maximum absolute atomic E-state index is 12.2. The Balaban J connectivity index is 2.38. The molecule has 1 N–H and O–H groups in total. The molecule has 0 saturated carbocycles. The molecular weight excluding hydrogens is 300 g/mol. The number of Topliss-reactive ketones (excluding diaryl/α,β-unsaturated/α-hetero) is 1. The van der Waals surface area contributed by atoms with Crippen LogP contribution in [0.25, 0.3) is 0 Å². The summed E-state index contributed by atoms with van der Waals surface area (Å²) in [6.07, 6.45) is 2.77. The highest BCUT2D eigenvalue weighted by atomic mass is 35.5. The summed E-state index contributed by atoms with van der Waals surface area (Å²) < 4.78 is 26.8. The van der Waals surface area contributed by atoms with Crippen molar-refractivity contribution in [1.29, 1.82) is 0 Å². The molecule has 0 aliphatic rings. The van der Waals surface area contributed by atoms with Crippen LogP contribution in [-0.2, 0) is 10.0 Å². The van der Waals surface area contributed by atoms with E-state index in [4.69, 9.17) is 11.6 Å². The zero-order valence-electron chi connectivity index (χ0n) is 10.5. The van der Waals surface area contributed by atoms with Gasteiger partial charge in [-0.2, -0.15) is 0 Å². The van der Waals surface area contributed by atoms with E-state index in [-0.39, 0.29) is 21.4 Å². The first-order chi connectivity index (χ1) is 9.40. The Morgan fingerprint density at radius 3 is 2.70 bits per heavy atom. The van der Waals surface area contributed by atoms with Crippen LogP contribution in [0.4, 0.5) is 5.69 Å². The Hall–Kier alpha value is -1.92. The maximum atomic E-state index is 12.2. The van der Waals surface area contributed by atoms with E-state index >= 15 is 0 Å². The molecule has 0 amide bonds. The van der Waals surface area contributed by atoms with E-state index in [1.54, 1.807) is 6.07 Å². The summed E-state index contributed by atoms with van der Waals surface area (Å²) in [6, 6.07) is 7.26. The predicted molar refractivity (Wildman–Crippen MR) is 76.5 cm³/mol. The van der Waals surface area contributed by atoms with Gasteiger partial charge in [-0.05, 0) is 25.1 Å². The fourth-order valence-electron chi connectivity index (χ4n) is 1.54. The molecule has 0 saturated heterocycles. The number of rotatable bonds is 4. The minimum atomic E-state index is -3.82. The smallest absolute Gasteiger partial charge is 0.262 e. The summed E-state index contributed by atoms with van der Waals surface area (Å²) in [6.45, 7) is 1.37. The molecule has 7 heteroatoms. The van der Waals surface area contributed by atoms with Crippen LogP contribution in [0.2, 0.25) is 5.02 Å². The summed E-state index contributed by atoms with van der Waals surface area (Å²) in [5, 5.41) is 0.242. The van der Waals surface area contributed by atoms with E-state index in [0.29, 0.717) is 5.56 Å². The average molecular weight is 311 g/mol. The summed E-state index contributed by atoms with van der Waals surface area (Å²) in [4.78, 5) is 15.1. The van der Waals surface area contributed by atoms with Gasteiger partial charge in [0.05, 0.1) is 21.8 Å². The normalized spacial score (nSPS) is 11.1. The van der Waals surface area contributed by atoms with Gasteiger partial charge >= 0.3 is 0 Å². The van der Waals surface area contributed by atoms with Crippen molar-refractivity contribution in [2.24, 2.45) is 0 Å². The molecule has 0 atom stereocenters. The van der Waals surface area contributed by atoms with Crippen LogP contribution >= 0.6 is 11.6 Å². The van der Waals surface area contributed by atoms with Gasteiger partial charge < -0.3 is 0 Å². The van der Waals surface area contributed by atoms with Crippen molar-refractivity contribution < 1.29 is 13.2 Å². The molecule has 104 valence electrons. The number of nitrogens with zero attached hydrogens (tertiary/aromatic N) is 1. The minimum absolute atomic E-state index is 0.00915. The number of hydrogen-bond donors (Lipinski definition) is 1.